The van der Waals surface area contributed by atoms with Crippen LogP contribution >= 0.6 is 0 Å². The van der Waals surface area contributed by atoms with Gasteiger partial charge in [0.15, 0.2) is 8.32 Å². The van der Waals surface area contributed by atoms with E-state index in [4.69, 9.17) is 9.16 Å². The summed E-state index contributed by atoms with van der Waals surface area (Å²) < 4.78 is 11.7. The molecule has 0 fully saturated rings. The van der Waals surface area contributed by atoms with Crippen molar-refractivity contribution >= 4 is 8.32 Å². The lowest BCUT2D eigenvalue weighted by Gasteiger charge is -2.37. The third-order valence-electron chi connectivity index (χ3n) is 3.19. The molecule has 0 saturated carbocycles. The van der Waals surface area contributed by atoms with E-state index in [0.717, 1.165) is 6.42 Å². The van der Waals surface area contributed by atoms with E-state index in [1.165, 1.54) is 0 Å². The molecule has 0 N–H and O–H groups in total. The summed E-state index contributed by atoms with van der Waals surface area (Å²) in [4.78, 5) is 0. The highest BCUT2D eigenvalue weighted by atomic mass is 28.4. The highest BCUT2D eigenvalue weighted by Crippen LogP contribution is 2.37. The highest BCUT2D eigenvalue weighted by molar-refractivity contribution is 6.74. The van der Waals surface area contributed by atoms with Gasteiger partial charge in [-0.15, -0.1) is 0 Å². The van der Waals surface area contributed by atoms with Gasteiger partial charge in [0.1, 0.15) is 17.8 Å². The van der Waals surface area contributed by atoms with Gasteiger partial charge in [-0.25, -0.2) is 0 Å². The Bertz CT molecular complexity index is 310. The molecule has 0 aliphatic rings. The van der Waals surface area contributed by atoms with Crippen LogP contribution in [0, 0.1) is 12.0 Å². The van der Waals surface area contributed by atoms with Crippen molar-refractivity contribution in [3.63, 3.8) is 0 Å². The average molecular weight is 270 g/mol. The molecule has 106 valence electrons. The topological polar surface area (TPSA) is 18.5 Å². The molecule has 0 radical (unpaired) electrons. The molecule has 0 heterocycles. The Balaban J connectivity index is 4.64. The molecule has 1 unspecified atom stereocenters. The second-order valence-electron chi connectivity index (χ2n) is 7.24. The fourth-order valence-electron chi connectivity index (χ4n) is 0.996. The van der Waals surface area contributed by atoms with Crippen LogP contribution in [0.25, 0.3) is 0 Å². The minimum atomic E-state index is -1.74. The fourth-order valence-corrected chi connectivity index (χ4v) is 2.29. The van der Waals surface area contributed by atoms with Crippen LogP contribution in [-0.4, -0.2) is 20.0 Å². The summed E-state index contributed by atoms with van der Waals surface area (Å²) in [5.74, 6) is 3.09. The van der Waals surface area contributed by atoms with Crippen LogP contribution in [0.4, 0.5) is 0 Å². The molecule has 0 saturated heterocycles. The Morgan fingerprint density at radius 2 is 1.56 bits per heavy atom. The van der Waals surface area contributed by atoms with Gasteiger partial charge in [0, 0.05) is 0 Å². The zero-order chi connectivity index (χ0) is 14.6. The van der Waals surface area contributed by atoms with Crippen LogP contribution < -0.4 is 0 Å². The summed E-state index contributed by atoms with van der Waals surface area (Å²) in [5, 5.41) is 0.215. The molecule has 0 aromatic carbocycles. The first-order chi connectivity index (χ1) is 7.89. The smallest absolute Gasteiger partial charge is 0.193 e. The van der Waals surface area contributed by atoms with E-state index in [-0.39, 0.29) is 16.7 Å². The van der Waals surface area contributed by atoms with E-state index < -0.39 is 8.32 Å². The normalized spacial score (nSPS) is 14.7. The second kappa shape index (κ2) is 6.12. The number of hydrogen-bond acceptors (Lipinski definition) is 2. The minimum Gasteiger partial charge on any atom is -0.441 e. The Hall–Kier alpha value is -0.463. The first kappa shape index (κ1) is 17.5. The van der Waals surface area contributed by atoms with Gasteiger partial charge in [0.2, 0.25) is 0 Å². The molecule has 1 atom stereocenters. The summed E-state index contributed by atoms with van der Waals surface area (Å²) in [7, 11) is -1.74. The van der Waals surface area contributed by atoms with Crippen LogP contribution in [0.5, 0.6) is 0 Å². The van der Waals surface area contributed by atoms with Gasteiger partial charge in [-0.05, 0) is 51.2 Å². The third-order valence-corrected chi connectivity index (χ3v) is 7.68. The standard InChI is InChI=1S/C15H30O2Si/c1-10-13(11-12-16-14(2,3)4)17-18(8,9)15(5,6)7/h13H,10H2,1-9H3. The monoisotopic (exact) mass is 270 g/mol. The van der Waals surface area contributed by atoms with Crippen LogP contribution in [0.1, 0.15) is 54.9 Å². The zero-order valence-corrected chi connectivity index (χ0v) is 14.6. The summed E-state index contributed by atoms with van der Waals surface area (Å²) >= 11 is 0. The van der Waals surface area contributed by atoms with Gasteiger partial charge in [-0.2, -0.15) is 0 Å². The molecule has 18 heavy (non-hydrogen) atoms. The van der Waals surface area contributed by atoms with E-state index >= 15 is 0 Å². The maximum absolute atomic E-state index is 6.25. The molecule has 0 rings (SSSR count). The fraction of sp³-hybridized carbons (Fsp3) is 0.867. The van der Waals surface area contributed by atoms with E-state index in [0.29, 0.717) is 0 Å². The summed E-state index contributed by atoms with van der Waals surface area (Å²) in [6.45, 7) is 19.3. The Kier molecular flexibility index (Phi) is 5.96. The van der Waals surface area contributed by atoms with Crippen molar-refractivity contribution in [3.05, 3.63) is 0 Å². The number of hydrogen-bond donors (Lipinski definition) is 0. The molecule has 0 aliphatic carbocycles. The largest absolute Gasteiger partial charge is 0.441 e. The van der Waals surface area contributed by atoms with Gasteiger partial charge >= 0.3 is 0 Å². The summed E-state index contributed by atoms with van der Waals surface area (Å²) in [5.41, 5.74) is -0.220. The molecule has 2 nitrogen and oxygen atoms in total. The molecule has 0 amide bonds. The van der Waals surface area contributed by atoms with E-state index in [1.807, 2.05) is 20.8 Å². The van der Waals surface area contributed by atoms with Crippen molar-refractivity contribution in [2.45, 2.75) is 84.7 Å². The third kappa shape index (κ3) is 6.46. The van der Waals surface area contributed by atoms with Crippen molar-refractivity contribution < 1.29 is 9.16 Å². The highest BCUT2D eigenvalue weighted by Gasteiger charge is 2.38. The van der Waals surface area contributed by atoms with E-state index in [2.05, 4.69) is 52.8 Å². The SMILES string of the molecule is CCC(C#COC(C)(C)C)O[Si](C)(C)C(C)(C)C. The van der Waals surface area contributed by atoms with Crippen molar-refractivity contribution in [2.75, 3.05) is 0 Å². The number of rotatable bonds is 3. The lowest BCUT2D eigenvalue weighted by Crippen LogP contribution is -2.43. The van der Waals surface area contributed by atoms with E-state index in [1.54, 1.807) is 0 Å². The molecule has 0 aliphatic heterocycles. The van der Waals surface area contributed by atoms with Crippen molar-refractivity contribution in [3.8, 4) is 12.0 Å². The van der Waals surface area contributed by atoms with E-state index in [9.17, 15) is 0 Å². The maximum Gasteiger partial charge on any atom is 0.193 e. The quantitative estimate of drug-likeness (QED) is 0.553. The lowest BCUT2D eigenvalue weighted by molar-refractivity contribution is 0.0950. The Labute approximate surface area is 115 Å². The molecule has 0 spiro atoms. The van der Waals surface area contributed by atoms with Gasteiger partial charge in [0.25, 0.3) is 0 Å². The predicted octanol–water partition coefficient (Wildman–Crippen LogP) is 4.56. The zero-order valence-electron chi connectivity index (χ0n) is 13.6. The van der Waals surface area contributed by atoms with Crippen molar-refractivity contribution in [1.82, 2.24) is 0 Å². The van der Waals surface area contributed by atoms with Gasteiger partial charge in [0.05, 0.1) is 0 Å². The van der Waals surface area contributed by atoms with Crippen LogP contribution in [0.15, 0.2) is 0 Å². The molecule has 3 heteroatoms. The lowest BCUT2D eigenvalue weighted by atomic mass is 10.2. The first-order valence-electron chi connectivity index (χ1n) is 6.75. The second-order valence-corrected chi connectivity index (χ2v) is 12.0. The minimum absolute atomic E-state index is 0.0201. The molecule has 0 aromatic rings. The van der Waals surface area contributed by atoms with Crippen LogP contribution in [0.3, 0.4) is 0 Å². The van der Waals surface area contributed by atoms with Gasteiger partial charge in [-0.1, -0.05) is 27.7 Å². The van der Waals surface area contributed by atoms with Crippen LogP contribution in [-0.2, 0) is 9.16 Å². The van der Waals surface area contributed by atoms with Crippen molar-refractivity contribution in [2.24, 2.45) is 0 Å². The molecular formula is C15H30O2Si. The average Bonchev–Trinajstić information content (AvgIpc) is 2.12. The first-order valence-corrected chi connectivity index (χ1v) is 9.66. The molecule has 0 aromatic heterocycles. The maximum atomic E-state index is 6.25. The molecule has 0 bridgehead atoms. The van der Waals surface area contributed by atoms with Gasteiger partial charge in [-0.3, -0.25) is 0 Å². The molecular weight excluding hydrogens is 240 g/mol. The van der Waals surface area contributed by atoms with Crippen molar-refractivity contribution in [1.29, 1.82) is 0 Å². The Morgan fingerprint density at radius 1 is 1.06 bits per heavy atom. The Morgan fingerprint density at radius 3 is 1.89 bits per heavy atom. The van der Waals surface area contributed by atoms with Crippen LogP contribution in [0.2, 0.25) is 18.1 Å². The summed E-state index contributed by atoms with van der Waals surface area (Å²) in [6, 6.07) is 0. The summed E-state index contributed by atoms with van der Waals surface area (Å²) in [6.07, 6.45) is 3.67. The number of ether oxygens (including phenoxy) is 1. The van der Waals surface area contributed by atoms with Gasteiger partial charge < -0.3 is 9.16 Å². The predicted molar refractivity (Wildman–Crippen MR) is 81.0 cm³/mol.